The van der Waals surface area contributed by atoms with Crippen molar-refractivity contribution in [2.24, 2.45) is 5.11 Å². The SMILES string of the molecule is COc1c(Br)cc(-c2ccccc2N=[N+]=[N-])c2cccnc12. The van der Waals surface area contributed by atoms with Gasteiger partial charge in [0.2, 0.25) is 0 Å². The van der Waals surface area contributed by atoms with Crippen LogP contribution in [0.4, 0.5) is 5.69 Å². The Balaban J connectivity index is 2.40. The van der Waals surface area contributed by atoms with E-state index in [0.29, 0.717) is 11.4 Å². The third kappa shape index (κ3) is 2.39. The van der Waals surface area contributed by atoms with Gasteiger partial charge in [-0.25, -0.2) is 0 Å². The smallest absolute Gasteiger partial charge is 0.159 e. The number of pyridine rings is 1. The highest BCUT2D eigenvalue weighted by molar-refractivity contribution is 9.10. The minimum atomic E-state index is 0.576. The van der Waals surface area contributed by atoms with Gasteiger partial charge in [-0.1, -0.05) is 35.4 Å². The lowest BCUT2D eigenvalue weighted by atomic mass is 9.99. The molecule has 0 bridgehead atoms. The second-order valence-electron chi connectivity index (χ2n) is 4.55. The summed E-state index contributed by atoms with van der Waals surface area (Å²) < 4.78 is 6.23. The molecular formula is C16H11BrN4O. The van der Waals surface area contributed by atoms with Gasteiger partial charge in [-0.3, -0.25) is 4.98 Å². The minimum Gasteiger partial charge on any atom is -0.493 e. The molecule has 5 nitrogen and oxygen atoms in total. The normalized spacial score (nSPS) is 10.3. The number of aromatic nitrogens is 1. The average molecular weight is 355 g/mol. The van der Waals surface area contributed by atoms with E-state index in [1.165, 1.54) is 0 Å². The Morgan fingerprint density at radius 1 is 1.18 bits per heavy atom. The number of benzene rings is 2. The first-order valence-electron chi connectivity index (χ1n) is 6.52. The topological polar surface area (TPSA) is 70.9 Å². The number of halogens is 1. The van der Waals surface area contributed by atoms with Crippen LogP contribution in [0.3, 0.4) is 0 Å². The van der Waals surface area contributed by atoms with Gasteiger partial charge in [0.15, 0.2) is 5.75 Å². The van der Waals surface area contributed by atoms with Gasteiger partial charge >= 0.3 is 0 Å². The van der Waals surface area contributed by atoms with Crippen molar-refractivity contribution < 1.29 is 4.74 Å². The van der Waals surface area contributed by atoms with Crippen LogP contribution in [0.15, 0.2) is 58.2 Å². The fourth-order valence-electron chi connectivity index (χ4n) is 2.44. The molecule has 0 amide bonds. The van der Waals surface area contributed by atoms with Crippen molar-refractivity contribution in [3.8, 4) is 16.9 Å². The van der Waals surface area contributed by atoms with Gasteiger partial charge in [-0.05, 0) is 44.7 Å². The molecule has 0 saturated carbocycles. The summed E-state index contributed by atoms with van der Waals surface area (Å²) in [6.45, 7) is 0. The van der Waals surface area contributed by atoms with E-state index in [2.05, 4.69) is 30.9 Å². The fraction of sp³-hybridized carbons (Fsp3) is 0.0625. The Hall–Kier alpha value is -2.56. The predicted octanol–water partition coefficient (Wildman–Crippen LogP) is 5.61. The van der Waals surface area contributed by atoms with Gasteiger partial charge in [0.25, 0.3) is 0 Å². The molecule has 108 valence electrons. The van der Waals surface area contributed by atoms with Crippen LogP contribution in [0.25, 0.3) is 32.5 Å². The Morgan fingerprint density at radius 3 is 2.77 bits per heavy atom. The molecule has 3 rings (SSSR count). The van der Waals surface area contributed by atoms with Crippen molar-refractivity contribution >= 4 is 32.5 Å². The second-order valence-corrected chi connectivity index (χ2v) is 5.40. The zero-order valence-corrected chi connectivity index (χ0v) is 13.3. The summed E-state index contributed by atoms with van der Waals surface area (Å²) in [6, 6.07) is 13.3. The van der Waals surface area contributed by atoms with Crippen LogP contribution in [0, 0.1) is 0 Å². The van der Waals surface area contributed by atoms with E-state index in [4.69, 9.17) is 10.3 Å². The number of hydrogen-bond donors (Lipinski definition) is 0. The van der Waals surface area contributed by atoms with Gasteiger partial charge < -0.3 is 4.74 Å². The summed E-state index contributed by atoms with van der Waals surface area (Å²) in [5.41, 5.74) is 11.9. The maximum Gasteiger partial charge on any atom is 0.159 e. The summed E-state index contributed by atoms with van der Waals surface area (Å²) in [5.74, 6) is 0.681. The van der Waals surface area contributed by atoms with Gasteiger partial charge in [0.05, 0.1) is 11.6 Å². The van der Waals surface area contributed by atoms with Crippen molar-refractivity contribution in [1.82, 2.24) is 4.98 Å². The summed E-state index contributed by atoms with van der Waals surface area (Å²) in [7, 11) is 1.61. The Labute approximate surface area is 135 Å². The number of hydrogen-bond acceptors (Lipinski definition) is 3. The van der Waals surface area contributed by atoms with E-state index in [9.17, 15) is 0 Å². The molecule has 0 unspecified atom stereocenters. The molecule has 0 aliphatic rings. The molecule has 6 heteroatoms. The van der Waals surface area contributed by atoms with Crippen LogP contribution in [-0.4, -0.2) is 12.1 Å². The van der Waals surface area contributed by atoms with Crippen molar-refractivity contribution in [3.05, 3.63) is 63.6 Å². The molecule has 0 aliphatic carbocycles. The van der Waals surface area contributed by atoms with Gasteiger partial charge in [0.1, 0.15) is 5.52 Å². The quantitative estimate of drug-likeness (QED) is 0.348. The number of nitrogens with zero attached hydrogens (tertiary/aromatic N) is 4. The molecule has 0 aliphatic heterocycles. The van der Waals surface area contributed by atoms with Crippen molar-refractivity contribution in [1.29, 1.82) is 0 Å². The monoisotopic (exact) mass is 354 g/mol. The minimum absolute atomic E-state index is 0.576. The number of rotatable bonds is 3. The van der Waals surface area contributed by atoms with E-state index >= 15 is 0 Å². The van der Waals surface area contributed by atoms with Gasteiger partial charge in [-0.15, -0.1) is 0 Å². The summed E-state index contributed by atoms with van der Waals surface area (Å²) >= 11 is 3.52. The predicted molar refractivity (Wildman–Crippen MR) is 90.2 cm³/mol. The highest BCUT2D eigenvalue weighted by Gasteiger charge is 2.14. The lowest BCUT2D eigenvalue weighted by molar-refractivity contribution is 0.416. The van der Waals surface area contributed by atoms with E-state index in [0.717, 1.165) is 26.5 Å². The first-order valence-corrected chi connectivity index (χ1v) is 7.31. The van der Waals surface area contributed by atoms with Crippen molar-refractivity contribution in [3.63, 3.8) is 0 Å². The molecule has 3 aromatic rings. The molecular weight excluding hydrogens is 344 g/mol. The first-order chi connectivity index (χ1) is 10.8. The number of ether oxygens (including phenoxy) is 1. The average Bonchev–Trinajstić information content (AvgIpc) is 2.55. The lowest BCUT2D eigenvalue weighted by Crippen LogP contribution is -1.92. The molecule has 2 aromatic carbocycles. The van der Waals surface area contributed by atoms with E-state index in [1.807, 2.05) is 36.4 Å². The first kappa shape index (κ1) is 14.4. The van der Waals surface area contributed by atoms with Crippen LogP contribution >= 0.6 is 15.9 Å². The van der Waals surface area contributed by atoms with Crippen LogP contribution in [0.1, 0.15) is 0 Å². The molecule has 1 aromatic heterocycles. The Morgan fingerprint density at radius 2 is 2.00 bits per heavy atom. The molecule has 0 fully saturated rings. The van der Waals surface area contributed by atoms with Gasteiger partial charge in [0, 0.05) is 22.2 Å². The molecule has 0 spiro atoms. The van der Waals surface area contributed by atoms with E-state index in [1.54, 1.807) is 19.4 Å². The Kier molecular flexibility index (Phi) is 3.96. The number of azide groups is 1. The maximum atomic E-state index is 8.76. The largest absolute Gasteiger partial charge is 0.493 e. The Bertz CT molecular complexity index is 904. The summed E-state index contributed by atoms with van der Waals surface area (Å²) in [5, 5.41) is 4.71. The van der Waals surface area contributed by atoms with Crippen LogP contribution in [0.2, 0.25) is 0 Å². The number of fused-ring (bicyclic) bond motifs is 1. The van der Waals surface area contributed by atoms with Crippen molar-refractivity contribution in [2.45, 2.75) is 0 Å². The maximum absolute atomic E-state index is 8.76. The summed E-state index contributed by atoms with van der Waals surface area (Å²) in [6.07, 6.45) is 1.72. The molecule has 0 radical (unpaired) electrons. The van der Waals surface area contributed by atoms with Gasteiger partial charge in [-0.2, -0.15) is 0 Å². The summed E-state index contributed by atoms with van der Waals surface area (Å²) in [4.78, 5) is 7.32. The fourth-order valence-corrected chi connectivity index (χ4v) is 3.02. The van der Waals surface area contributed by atoms with E-state index in [-0.39, 0.29) is 0 Å². The molecule has 22 heavy (non-hydrogen) atoms. The lowest BCUT2D eigenvalue weighted by Gasteiger charge is -2.13. The molecule has 1 heterocycles. The second kappa shape index (κ2) is 6.05. The molecule has 0 atom stereocenters. The zero-order chi connectivity index (χ0) is 15.5. The van der Waals surface area contributed by atoms with Crippen molar-refractivity contribution in [2.75, 3.05) is 7.11 Å². The zero-order valence-electron chi connectivity index (χ0n) is 11.7. The third-order valence-corrected chi connectivity index (χ3v) is 3.94. The molecule has 0 N–H and O–H groups in total. The van der Waals surface area contributed by atoms with Crippen LogP contribution in [0.5, 0.6) is 5.75 Å². The standard InChI is InChI=1S/C16H11BrN4O/c1-22-16-13(17)9-12(11-6-4-8-19-15(11)16)10-5-2-3-7-14(10)20-21-18/h2-9H,1H3. The third-order valence-electron chi connectivity index (χ3n) is 3.35. The van der Waals surface area contributed by atoms with Crippen LogP contribution < -0.4 is 4.74 Å². The van der Waals surface area contributed by atoms with Crippen LogP contribution in [-0.2, 0) is 0 Å². The highest BCUT2D eigenvalue weighted by atomic mass is 79.9. The number of methoxy groups -OCH3 is 1. The molecule has 0 saturated heterocycles. The highest BCUT2D eigenvalue weighted by Crippen LogP contribution is 2.41. The van der Waals surface area contributed by atoms with E-state index < -0.39 is 0 Å².